The molecule has 3 aliphatic heterocycles. The normalized spacial score (nSPS) is 40.3. The number of hydrogen-bond acceptors (Lipinski definition) is 3. The maximum Gasteiger partial charge on any atom is 0.0905 e. The first-order valence-corrected chi connectivity index (χ1v) is 6.21. The maximum atomic E-state index is 2.62. The summed E-state index contributed by atoms with van der Waals surface area (Å²) in [5, 5.41) is 5.19. The molecule has 0 radical (unpaired) electrons. The van der Waals surface area contributed by atoms with Crippen LogP contribution >= 0.6 is 0 Å². The lowest BCUT2D eigenvalue weighted by atomic mass is 10.2. The van der Waals surface area contributed by atoms with Crippen molar-refractivity contribution < 1.29 is 0 Å². The minimum atomic E-state index is 0.793. The van der Waals surface area contributed by atoms with Gasteiger partial charge in [0.2, 0.25) is 0 Å². The Bertz CT molecular complexity index is 195. The molecule has 3 rings (SSSR count). The second-order valence-corrected chi connectivity index (χ2v) is 4.86. The first-order valence-electron chi connectivity index (χ1n) is 6.21. The third-order valence-corrected chi connectivity index (χ3v) is 3.82. The van der Waals surface area contributed by atoms with Gasteiger partial charge in [0.05, 0.1) is 6.17 Å². The van der Waals surface area contributed by atoms with Gasteiger partial charge in [0.15, 0.2) is 0 Å². The molecule has 2 unspecified atom stereocenters. The van der Waals surface area contributed by atoms with Crippen LogP contribution in [0.5, 0.6) is 0 Å². The summed E-state index contributed by atoms with van der Waals surface area (Å²) in [5.41, 5.74) is 0. The van der Waals surface area contributed by atoms with Gasteiger partial charge in [-0.05, 0) is 19.3 Å². The zero-order valence-corrected chi connectivity index (χ0v) is 8.99. The van der Waals surface area contributed by atoms with Gasteiger partial charge in [0.25, 0.3) is 0 Å². The molecule has 0 N–H and O–H groups in total. The van der Waals surface area contributed by atoms with Gasteiger partial charge in [0, 0.05) is 32.7 Å². The molecule has 3 nitrogen and oxygen atoms in total. The molecular weight excluding hydrogens is 174 g/mol. The summed E-state index contributed by atoms with van der Waals surface area (Å²) in [6, 6.07) is 0. The molecular formula is C11H21N3. The van der Waals surface area contributed by atoms with Crippen molar-refractivity contribution >= 4 is 0 Å². The highest BCUT2D eigenvalue weighted by Gasteiger charge is 2.44. The van der Waals surface area contributed by atoms with Crippen molar-refractivity contribution in [2.24, 2.45) is 0 Å². The standard InChI is InChI=1S/C11H21N3/c1-2-4-9-13(8-3-1)14-10-11(14)12-6-5-7-12/h11H,1-10H2. The Morgan fingerprint density at radius 1 is 0.714 bits per heavy atom. The van der Waals surface area contributed by atoms with E-state index in [1.165, 1.54) is 64.8 Å². The number of nitrogens with zero attached hydrogens (tertiary/aromatic N) is 3. The Balaban J connectivity index is 1.51. The minimum Gasteiger partial charge on any atom is -0.286 e. The molecule has 80 valence electrons. The lowest BCUT2D eigenvalue weighted by Crippen LogP contribution is -2.44. The van der Waals surface area contributed by atoms with Crippen LogP contribution in [0.1, 0.15) is 32.1 Å². The second kappa shape index (κ2) is 3.80. The van der Waals surface area contributed by atoms with Crippen molar-refractivity contribution in [2.75, 3.05) is 32.7 Å². The number of hydrogen-bond donors (Lipinski definition) is 0. The molecule has 0 aromatic heterocycles. The third-order valence-electron chi connectivity index (χ3n) is 3.82. The molecule has 3 heterocycles. The summed E-state index contributed by atoms with van der Waals surface area (Å²) in [6.07, 6.45) is 7.91. The monoisotopic (exact) mass is 195 g/mol. The van der Waals surface area contributed by atoms with Crippen molar-refractivity contribution in [3.63, 3.8) is 0 Å². The van der Waals surface area contributed by atoms with Crippen LogP contribution in [0.2, 0.25) is 0 Å². The summed E-state index contributed by atoms with van der Waals surface area (Å²) in [7, 11) is 0. The average Bonchev–Trinajstić information content (AvgIpc) is 2.82. The molecule has 0 spiro atoms. The van der Waals surface area contributed by atoms with Gasteiger partial charge in [-0.1, -0.05) is 12.8 Å². The Morgan fingerprint density at radius 3 is 2.00 bits per heavy atom. The van der Waals surface area contributed by atoms with Gasteiger partial charge in [-0.15, -0.1) is 0 Å². The quantitative estimate of drug-likeness (QED) is 0.611. The lowest BCUT2D eigenvalue weighted by Gasteiger charge is -2.32. The molecule has 0 bridgehead atoms. The van der Waals surface area contributed by atoms with Crippen LogP contribution in [0, 0.1) is 0 Å². The Kier molecular flexibility index (Phi) is 2.48. The van der Waals surface area contributed by atoms with E-state index in [0.29, 0.717) is 0 Å². The zero-order valence-electron chi connectivity index (χ0n) is 8.99. The van der Waals surface area contributed by atoms with Crippen LogP contribution < -0.4 is 0 Å². The van der Waals surface area contributed by atoms with Crippen molar-refractivity contribution in [3.05, 3.63) is 0 Å². The van der Waals surface area contributed by atoms with Crippen LogP contribution in [-0.2, 0) is 0 Å². The van der Waals surface area contributed by atoms with Gasteiger partial charge < -0.3 is 0 Å². The minimum absolute atomic E-state index is 0.793. The zero-order chi connectivity index (χ0) is 9.38. The highest BCUT2D eigenvalue weighted by Crippen LogP contribution is 2.29. The molecule has 3 saturated heterocycles. The van der Waals surface area contributed by atoms with E-state index in [4.69, 9.17) is 0 Å². The lowest BCUT2D eigenvalue weighted by molar-refractivity contribution is 0.0243. The Morgan fingerprint density at radius 2 is 1.43 bits per heavy atom. The largest absolute Gasteiger partial charge is 0.286 e. The topological polar surface area (TPSA) is 9.49 Å². The van der Waals surface area contributed by atoms with Crippen molar-refractivity contribution in [2.45, 2.75) is 38.3 Å². The summed E-state index contributed by atoms with van der Waals surface area (Å²) in [5.74, 6) is 0. The highest BCUT2D eigenvalue weighted by molar-refractivity contribution is 4.91. The van der Waals surface area contributed by atoms with Crippen LogP contribution in [-0.4, -0.2) is 53.8 Å². The van der Waals surface area contributed by atoms with E-state index in [-0.39, 0.29) is 0 Å². The van der Waals surface area contributed by atoms with Crippen molar-refractivity contribution in [1.29, 1.82) is 0 Å². The van der Waals surface area contributed by atoms with E-state index in [1.807, 2.05) is 0 Å². The smallest absolute Gasteiger partial charge is 0.0905 e. The van der Waals surface area contributed by atoms with Gasteiger partial charge in [0.1, 0.15) is 0 Å². The predicted octanol–water partition coefficient (Wildman–Crippen LogP) is 1.12. The van der Waals surface area contributed by atoms with Crippen LogP contribution in [0.3, 0.4) is 0 Å². The van der Waals surface area contributed by atoms with Gasteiger partial charge in [-0.3, -0.25) is 4.90 Å². The van der Waals surface area contributed by atoms with E-state index in [9.17, 15) is 0 Å². The molecule has 0 aromatic carbocycles. The van der Waals surface area contributed by atoms with E-state index < -0.39 is 0 Å². The van der Waals surface area contributed by atoms with Gasteiger partial charge >= 0.3 is 0 Å². The number of likely N-dealkylation sites (tertiary alicyclic amines) is 1. The van der Waals surface area contributed by atoms with E-state index in [2.05, 4.69) is 14.9 Å². The molecule has 0 aliphatic carbocycles. The van der Waals surface area contributed by atoms with E-state index >= 15 is 0 Å². The molecule has 0 aromatic rings. The van der Waals surface area contributed by atoms with Gasteiger partial charge in [-0.2, -0.15) is 0 Å². The summed E-state index contributed by atoms with van der Waals surface area (Å²) in [6.45, 7) is 6.61. The average molecular weight is 195 g/mol. The number of hydrazine groups is 1. The van der Waals surface area contributed by atoms with Crippen LogP contribution in [0.4, 0.5) is 0 Å². The molecule has 0 amide bonds. The summed E-state index contributed by atoms with van der Waals surface area (Å²) >= 11 is 0. The Labute approximate surface area is 86.6 Å². The fraction of sp³-hybridized carbons (Fsp3) is 1.00. The molecule has 2 atom stereocenters. The fourth-order valence-electron chi connectivity index (χ4n) is 2.68. The first-order chi connectivity index (χ1) is 6.95. The fourth-order valence-corrected chi connectivity index (χ4v) is 2.68. The predicted molar refractivity (Wildman–Crippen MR) is 56.7 cm³/mol. The first kappa shape index (κ1) is 9.13. The highest BCUT2D eigenvalue weighted by atomic mass is 15.8. The maximum absolute atomic E-state index is 2.62. The van der Waals surface area contributed by atoms with Gasteiger partial charge in [-0.25, -0.2) is 10.0 Å². The molecule has 3 aliphatic rings. The molecule has 3 fully saturated rings. The number of rotatable bonds is 2. The van der Waals surface area contributed by atoms with Crippen LogP contribution in [0.25, 0.3) is 0 Å². The van der Waals surface area contributed by atoms with Crippen LogP contribution in [0.15, 0.2) is 0 Å². The summed E-state index contributed by atoms with van der Waals surface area (Å²) < 4.78 is 0. The van der Waals surface area contributed by atoms with Crippen molar-refractivity contribution in [3.8, 4) is 0 Å². The molecule has 0 saturated carbocycles. The molecule has 14 heavy (non-hydrogen) atoms. The Hall–Kier alpha value is -0.120. The van der Waals surface area contributed by atoms with Crippen molar-refractivity contribution in [1.82, 2.24) is 14.9 Å². The van der Waals surface area contributed by atoms with E-state index in [0.717, 1.165) is 6.17 Å². The molecule has 3 heteroatoms. The van der Waals surface area contributed by atoms with E-state index in [1.54, 1.807) is 0 Å². The summed E-state index contributed by atoms with van der Waals surface area (Å²) in [4.78, 5) is 2.62. The SMILES string of the molecule is C1CCCN(N2CC2N2CCC2)CC1. The third kappa shape index (κ3) is 1.69. The second-order valence-electron chi connectivity index (χ2n) is 4.86.